The van der Waals surface area contributed by atoms with Gasteiger partial charge < -0.3 is 14.2 Å². The quantitative estimate of drug-likeness (QED) is 0.228. The molecule has 0 aliphatic heterocycles. The molecule has 0 aromatic heterocycles. The second kappa shape index (κ2) is 9.81. The van der Waals surface area contributed by atoms with Crippen LogP contribution < -0.4 is 14.2 Å². The van der Waals surface area contributed by atoms with Crippen LogP contribution in [-0.2, 0) is 5.41 Å². The summed E-state index contributed by atoms with van der Waals surface area (Å²) in [7, 11) is 0. The van der Waals surface area contributed by atoms with Crippen molar-refractivity contribution >= 4 is 21.9 Å². The van der Waals surface area contributed by atoms with E-state index in [1.54, 1.807) is 24.3 Å². The number of rotatable bonds is 7. The van der Waals surface area contributed by atoms with Gasteiger partial charge in [-0.2, -0.15) is 0 Å². The van der Waals surface area contributed by atoms with E-state index >= 15 is 0 Å². The average Bonchev–Trinajstić information content (AvgIpc) is 2.73. The van der Waals surface area contributed by atoms with E-state index in [1.165, 1.54) is 0 Å². The number of hydrogen-bond donors (Lipinski definition) is 0. The van der Waals surface area contributed by atoms with Crippen molar-refractivity contribution in [2.45, 2.75) is 26.2 Å². The van der Waals surface area contributed by atoms with Crippen molar-refractivity contribution in [1.29, 1.82) is 0 Å². The Labute approximate surface area is 185 Å². The number of hydrogen-bond acceptors (Lipinski definition) is 4. The maximum absolute atomic E-state index is 12.6. The minimum absolute atomic E-state index is 0.0148. The van der Waals surface area contributed by atoms with Crippen molar-refractivity contribution in [2.24, 2.45) is 0 Å². The predicted molar refractivity (Wildman–Crippen MR) is 122 cm³/mol. The normalized spacial score (nSPS) is 11.1. The highest BCUT2D eigenvalue weighted by Gasteiger charge is 2.17. The molecule has 0 fully saturated rings. The fraction of sp³-hybridized carbons (Fsp3) is 0.240. The Hall–Kier alpha value is -2.79. The molecule has 0 heterocycles. The highest BCUT2D eigenvalue weighted by atomic mass is 79.9. The lowest BCUT2D eigenvalue weighted by atomic mass is 9.87. The van der Waals surface area contributed by atoms with Gasteiger partial charge in [0, 0.05) is 0 Å². The highest BCUT2D eigenvalue weighted by Crippen LogP contribution is 2.32. The summed E-state index contributed by atoms with van der Waals surface area (Å²) >= 11 is 3.50. The van der Waals surface area contributed by atoms with Crippen LogP contribution in [0.3, 0.4) is 0 Å². The van der Waals surface area contributed by atoms with Crippen molar-refractivity contribution in [1.82, 2.24) is 0 Å². The van der Waals surface area contributed by atoms with Crippen molar-refractivity contribution in [3.8, 4) is 17.2 Å². The topological polar surface area (TPSA) is 44.8 Å². The number of esters is 1. The van der Waals surface area contributed by atoms with Crippen LogP contribution in [0.25, 0.3) is 0 Å². The summed E-state index contributed by atoms with van der Waals surface area (Å²) in [5.74, 6) is 1.42. The van der Waals surface area contributed by atoms with Gasteiger partial charge in [0.25, 0.3) is 0 Å². The summed E-state index contributed by atoms with van der Waals surface area (Å²) in [6.07, 6.45) is 0. The van der Waals surface area contributed by atoms with E-state index in [4.69, 9.17) is 14.2 Å². The zero-order valence-corrected chi connectivity index (χ0v) is 18.9. The maximum Gasteiger partial charge on any atom is 0.343 e. The minimum Gasteiger partial charge on any atom is -0.490 e. The van der Waals surface area contributed by atoms with Gasteiger partial charge >= 0.3 is 5.97 Å². The number of halogens is 1. The Kier molecular flexibility index (Phi) is 7.16. The summed E-state index contributed by atoms with van der Waals surface area (Å²) in [6.45, 7) is 7.18. The SMILES string of the molecule is CC(C)(C)c1ccc(OC(=O)c2cccc(OCCOc3ccccc3)c2)c(Br)c1. The predicted octanol–water partition coefficient (Wildman–Crippen LogP) is 6.42. The van der Waals surface area contributed by atoms with Crippen molar-refractivity contribution in [3.63, 3.8) is 0 Å². The molecule has 0 saturated carbocycles. The van der Waals surface area contributed by atoms with E-state index < -0.39 is 5.97 Å². The van der Waals surface area contributed by atoms with Crippen LogP contribution in [0.4, 0.5) is 0 Å². The zero-order valence-electron chi connectivity index (χ0n) is 17.4. The number of carbonyl (C=O) groups is 1. The van der Waals surface area contributed by atoms with Crippen LogP contribution in [0.15, 0.2) is 77.3 Å². The van der Waals surface area contributed by atoms with Crippen LogP contribution in [0.5, 0.6) is 17.2 Å². The van der Waals surface area contributed by atoms with Crippen molar-refractivity contribution < 1.29 is 19.0 Å². The smallest absolute Gasteiger partial charge is 0.343 e. The first-order valence-corrected chi connectivity index (χ1v) is 10.6. The Balaban J connectivity index is 1.58. The fourth-order valence-electron chi connectivity index (χ4n) is 2.76. The molecule has 0 bridgehead atoms. The third kappa shape index (κ3) is 6.10. The van der Waals surface area contributed by atoms with Crippen LogP contribution >= 0.6 is 15.9 Å². The van der Waals surface area contributed by atoms with Gasteiger partial charge in [0.15, 0.2) is 0 Å². The van der Waals surface area contributed by atoms with Gasteiger partial charge in [0.05, 0.1) is 10.0 Å². The largest absolute Gasteiger partial charge is 0.490 e. The van der Waals surface area contributed by atoms with Gasteiger partial charge in [-0.25, -0.2) is 4.79 Å². The molecule has 4 nitrogen and oxygen atoms in total. The summed E-state index contributed by atoms with van der Waals surface area (Å²) in [5.41, 5.74) is 1.59. The first-order chi connectivity index (χ1) is 14.3. The molecule has 0 saturated heterocycles. The molecule has 156 valence electrons. The average molecular weight is 469 g/mol. The number of carbonyl (C=O) groups excluding carboxylic acids is 1. The Morgan fingerprint density at radius 1 is 0.833 bits per heavy atom. The molecule has 0 aliphatic carbocycles. The van der Waals surface area contributed by atoms with Crippen LogP contribution in [0.2, 0.25) is 0 Å². The molecule has 0 amide bonds. The highest BCUT2D eigenvalue weighted by molar-refractivity contribution is 9.10. The van der Waals surface area contributed by atoms with Gasteiger partial charge in [0.2, 0.25) is 0 Å². The van der Waals surface area contributed by atoms with Crippen LogP contribution in [-0.4, -0.2) is 19.2 Å². The number of ether oxygens (including phenoxy) is 3. The van der Waals surface area contributed by atoms with Crippen LogP contribution in [0.1, 0.15) is 36.7 Å². The molecule has 0 N–H and O–H groups in total. The first-order valence-electron chi connectivity index (χ1n) is 9.76. The standard InChI is InChI=1S/C25H25BrO4/c1-25(2,3)19-12-13-23(22(26)17-19)30-24(27)18-8-7-11-21(16-18)29-15-14-28-20-9-5-4-6-10-20/h4-13,16-17H,14-15H2,1-3H3. The molecule has 0 unspecified atom stereocenters. The minimum atomic E-state index is -0.440. The molecule has 3 aromatic carbocycles. The molecule has 3 rings (SSSR count). The van der Waals surface area contributed by atoms with E-state index in [0.717, 1.165) is 15.8 Å². The van der Waals surface area contributed by atoms with Gasteiger partial charge in [-0.15, -0.1) is 0 Å². The van der Waals surface area contributed by atoms with E-state index in [-0.39, 0.29) is 5.41 Å². The second-order valence-electron chi connectivity index (χ2n) is 7.82. The van der Waals surface area contributed by atoms with Gasteiger partial charge in [-0.1, -0.05) is 51.1 Å². The third-order valence-electron chi connectivity index (χ3n) is 4.43. The maximum atomic E-state index is 12.6. The van der Waals surface area contributed by atoms with E-state index in [2.05, 4.69) is 36.7 Å². The monoisotopic (exact) mass is 468 g/mol. The Morgan fingerprint density at radius 3 is 2.17 bits per heavy atom. The summed E-state index contributed by atoms with van der Waals surface area (Å²) < 4.78 is 17.6. The van der Waals surface area contributed by atoms with Crippen molar-refractivity contribution in [2.75, 3.05) is 13.2 Å². The molecule has 0 atom stereocenters. The lowest BCUT2D eigenvalue weighted by Crippen LogP contribution is -2.13. The first kappa shape index (κ1) is 21.9. The third-order valence-corrected chi connectivity index (χ3v) is 5.05. The van der Waals surface area contributed by atoms with E-state index in [0.29, 0.717) is 30.3 Å². The molecule has 0 spiro atoms. The Bertz CT molecular complexity index is 994. The summed E-state index contributed by atoms with van der Waals surface area (Å²) in [5, 5.41) is 0. The summed E-state index contributed by atoms with van der Waals surface area (Å²) in [4.78, 5) is 12.6. The van der Waals surface area contributed by atoms with E-state index in [1.807, 2.05) is 48.5 Å². The number of benzene rings is 3. The molecular weight excluding hydrogens is 444 g/mol. The van der Waals surface area contributed by atoms with Gasteiger partial charge in [-0.3, -0.25) is 0 Å². The second-order valence-corrected chi connectivity index (χ2v) is 8.68. The molecule has 5 heteroatoms. The molecular formula is C25H25BrO4. The molecule has 0 aliphatic rings. The van der Waals surface area contributed by atoms with Gasteiger partial charge in [0.1, 0.15) is 30.5 Å². The number of para-hydroxylation sites is 1. The fourth-order valence-corrected chi connectivity index (χ4v) is 3.22. The zero-order chi connectivity index (χ0) is 21.6. The lowest BCUT2D eigenvalue weighted by Gasteiger charge is -2.20. The Morgan fingerprint density at radius 2 is 1.50 bits per heavy atom. The summed E-state index contributed by atoms with van der Waals surface area (Å²) in [6, 6.07) is 22.3. The van der Waals surface area contributed by atoms with E-state index in [9.17, 15) is 4.79 Å². The molecule has 3 aromatic rings. The van der Waals surface area contributed by atoms with Crippen molar-refractivity contribution in [3.05, 3.63) is 88.4 Å². The van der Waals surface area contributed by atoms with Crippen LogP contribution in [0, 0.1) is 0 Å². The van der Waals surface area contributed by atoms with Gasteiger partial charge in [-0.05, 0) is 69.4 Å². The molecule has 30 heavy (non-hydrogen) atoms. The molecule has 0 radical (unpaired) electrons. The lowest BCUT2D eigenvalue weighted by molar-refractivity contribution is 0.0733.